The van der Waals surface area contributed by atoms with E-state index in [-0.39, 0.29) is 24.0 Å². The largest absolute Gasteiger partial charge is 0.357 e. The van der Waals surface area contributed by atoms with E-state index in [0.29, 0.717) is 4.75 Å². The molecule has 2 aliphatic rings. The molecule has 136 valence electrons. The van der Waals surface area contributed by atoms with E-state index in [9.17, 15) is 0 Å². The van der Waals surface area contributed by atoms with Crippen LogP contribution in [0.3, 0.4) is 0 Å². The first-order chi connectivity index (χ1) is 11.3. The second-order valence-corrected chi connectivity index (χ2v) is 8.11. The Morgan fingerprint density at radius 2 is 2.17 bits per heavy atom. The summed E-state index contributed by atoms with van der Waals surface area (Å²) in [6.07, 6.45) is 12.6. The van der Waals surface area contributed by atoms with E-state index in [2.05, 4.69) is 38.5 Å². The van der Waals surface area contributed by atoms with Gasteiger partial charge in [-0.3, -0.25) is 4.99 Å². The highest BCUT2D eigenvalue weighted by molar-refractivity contribution is 14.0. The van der Waals surface area contributed by atoms with E-state index in [0.717, 1.165) is 38.7 Å². The molecule has 1 aromatic heterocycles. The molecule has 5 nitrogen and oxygen atoms in total. The molecule has 7 heteroatoms. The van der Waals surface area contributed by atoms with Gasteiger partial charge in [0.1, 0.15) is 0 Å². The molecule has 0 aromatic carbocycles. The van der Waals surface area contributed by atoms with Gasteiger partial charge in [-0.2, -0.15) is 11.8 Å². The van der Waals surface area contributed by atoms with Crippen molar-refractivity contribution in [3.63, 3.8) is 0 Å². The molecule has 0 bridgehead atoms. The first kappa shape index (κ1) is 19.9. The van der Waals surface area contributed by atoms with Crippen molar-refractivity contribution < 1.29 is 0 Å². The summed E-state index contributed by atoms with van der Waals surface area (Å²) in [6.45, 7) is 7.05. The van der Waals surface area contributed by atoms with E-state index in [1.165, 1.54) is 37.9 Å². The molecule has 2 heterocycles. The summed E-state index contributed by atoms with van der Waals surface area (Å²) in [4.78, 5) is 11.5. The number of aliphatic imine (C=N–C) groups is 1. The Balaban J connectivity index is 0.00000208. The summed E-state index contributed by atoms with van der Waals surface area (Å²) in [7, 11) is 0. The Kier molecular flexibility index (Phi) is 8.19. The van der Waals surface area contributed by atoms with Crippen molar-refractivity contribution in [1.82, 2.24) is 19.8 Å². The molecule has 0 radical (unpaired) electrons. The van der Waals surface area contributed by atoms with Crippen LogP contribution < -0.4 is 5.32 Å². The highest BCUT2D eigenvalue weighted by atomic mass is 127. The maximum absolute atomic E-state index is 4.86. The van der Waals surface area contributed by atoms with Crippen LogP contribution in [0.4, 0.5) is 0 Å². The minimum atomic E-state index is 0. The smallest absolute Gasteiger partial charge is 0.194 e. The van der Waals surface area contributed by atoms with Gasteiger partial charge in [0.15, 0.2) is 5.96 Å². The Hall–Kier alpha value is -0.440. The molecular weight excluding hydrogens is 433 g/mol. The number of hydrogen-bond donors (Lipinski definition) is 1. The normalized spacial score (nSPS) is 20.7. The number of nitrogens with zero attached hydrogens (tertiary/aromatic N) is 4. The standard InChI is InChI=1S/C17H29N5S.HI/c1-2-19-16(20-9-11-21-10-8-18-15-21)22-12-13-23-17(14-22)6-4-3-5-7-17;/h8,10,15H,2-7,9,11-14H2,1H3,(H,19,20);1H. The quantitative estimate of drug-likeness (QED) is 0.423. The number of halogens is 1. The fraction of sp³-hybridized carbons (Fsp3) is 0.765. The van der Waals surface area contributed by atoms with Gasteiger partial charge < -0.3 is 14.8 Å². The summed E-state index contributed by atoms with van der Waals surface area (Å²) < 4.78 is 2.57. The minimum absolute atomic E-state index is 0. The number of rotatable bonds is 4. The van der Waals surface area contributed by atoms with Crippen molar-refractivity contribution in [2.45, 2.75) is 50.3 Å². The number of aromatic nitrogens is 2. The molecule has 1 saturated heterocycles. The molecule has 24 heavy (non-hydrogen) atoms. The van der Waals surface area contributed by atoms with Gasteiger partial charge >= 0.3 is 0 Å². The summed E-state index contributed by atoms with van der Waals surface area (Å²) in [6, 6.07) is 0. The van der Waals surface area contributed by atoms with Crippen LogP contribution in [-0.4, -0.2) is 57.1 Å². The molecule has 1 aromatic rings. The number of thioether (sulfide) groups is 1. The van der Waals surface area contributed by atoms with Crippen LogP contribution >= 0.6 is 35.7 Å². The average Bonchev–Trinajstić information content (AvgIpc) is 3.08. The lowest BCUT2D eigenvalue weighted by Crippen LogP contribution is -2.53. The van der Waals surface area contributed by atoms with Gasteiger partial charge in [0.05, 0.1) is 12.9 Å². The molecule has 0 amide bonds. The first-order valence-corrected chi connectivity index (χ1v) is 9.93. The van der Waals surface area contributed by atoms with Crippen LogP contribution in [0, 0.1) is 0 Å². The SMILES string of the molecule is CCNC(=NCCn1ccnc1)N1CCSC2(CCCCC2)C1.I. The summed E-state index contributed by atoms with van der Waals surface area (Å²) in [5, 5.41) is 3.50. The molecule has 3 rings (SSSR count). The number of nitrogens with one attached hydrogen (secondary N) is 1. The van der Waals surface area contributed by atoms with Crippen LogP contribution in [0.25, 0.3) is 0 Å². The highest BCUT2D eigenvalue weighted by Gasteiger charge is 2.38. The van der Waals surface area contributed by atoms with E-state index in [4.69, 9.17) is 4.99 Å². The maximum Gasteiger partial charge on any atom is 0.194 e. The molecule has 0 atom stereocenters. The van der Waals surface area contributed by atoms with Crippen molar-refractivity contribution in [2.75, 3.05) is 31.9 Å². The third kappa shape index (κ3) is 5.28. The fourth-order valence-corrected chi connectivity index (χ4v) is 5.21. The van der Waals surface area contributed by atoms with Gasteiger partial charge in [-0.05, 0) is 19.8 Å². The van der Waals surface area contributed by atoms with E-state index in [1.807, 2.05) is 18.7 Å². The predicted octanol–water partition coefficient (Wildman–Crippen LogP) is 3.22. The van der Waals surface area contributed by atoms with Crippen LogP contribution in [-0.2, 0) is 6.54 Å². The van der Waals surface area contributed by atoms with Gasteiger partial charge in [0.25, 0.3) is 0 Å². The van der Waals surface area contributed by atoms with Crippen LogP contribution in [0.2, 0.25) is 0 Å². The van der Waals surface area contributed by atoms with Gasteiger partial charge in [0, 0.05) is 49.1 Å². The monoisotopic (exact) mass is 463 g/mol. The lowest BCUT2D eigenvalue weighted by atomic mass is 9.87. The molecule has 1 N–H and O–H groups in total. The van der Waals surface area contributed by atoms with Crippen molar-refractivity contribution in [3.8, 4) is 0 Å². The van der Waals surface area contributed by atoms with Gasteiger partial charge in [-0.15, -0.1) is 24.0 Å². The molecule has 1 aliphatic heterocycles. The molecule has 1 aliphatic carbocycles. The maximum atomic E-state index is 4.86. The number of guanidine groups is 1. The molecular formula is C17H30IN5S. The zero-order valence-corrected chi connectivity index (χ0v) is 17.8. The zero-order chi connectivity index (χ0) is 16.0. The Morgan fingerprint density at radius 1 is 1.33 bits per heavy atom. The minimum Gasteiger partial charge on any atom is -0.357 e. The van der Waals surface area contributed by atoms with Gasteiger partial charge in [-0.1, -0.05) is 19.3 Å². The van der Waals surface area contributed by atoms with Crippen LogP contribution in [0.15, 0.2) is 23.7 Å². The number of imidazole rings is 1. The number of hydrogen-bond acceptors (Lipinski definition) is 3. The van der Waals surface area contributed by atoms with Crippen molar-refractivity contribution >= 4 is 41.7 Å². The topological polar surface area (TPSA) is 45.5 Å². The van der Waals surface area contributed by atoms with Crippen molar-refractivity contribution in [3.05, 3.63) is 18.7 Å². The van der Waals surface area contributed by atoms with Crippen molar-refractivity contribution in [1.29, 1.82) is 0 Å². The summed E-state index contributed by atoms with van der Waals surface area (Å²) in [5.41, 5.74) is 0. The zero-order valence-electron chi connectivity index (χ0n) is 14.6. The predicted molar refractivity (Wildman–Crippen MR) is 113 cm³/mol. The van der Waals surface area contributed by atoms with Gasteiger partial charge in [0.2, 0.25) is 0 Å². The third-order valence-electron chi connectivity index (χ3n) is 4.83. The van der Waals surface area contributed by atoms with E-state index >= 15 is 0 Å². The van der Waals surface area contributed by atoms with E-state index < -0.39 is 0 Å². The Morgan fingerprint density at radius 3 is 2.88 bits per heavy atom. The van der Waals surface area contributed by atoms with Crippen molar-refractivity contribution in [2.24, 2.45) is 4.99 Å². The fourth-order valence-electron chi connectivity index (χ4n) is 3.64. The first-order valence-electron chi connectivity index (χ1n) is 8.94. The lowest BCUT2D eigenvalue weighted by molar-refractivity contribution is 0.293. The van der Waals surface area contributed by atoms with E-state index in [1.54, 1.807) is 0 Å². The Bertz CT molecular complexity index is 494. The summed E-state index contributed by atoms with van der Waals surface area (Å²) >= 11 is 2.21. The lowest BCUT2D eigenvalue weighted by Gasteiger charge is -2.45. The molecule has 0 unspecified atom stereocenters. The second-order valence-electron chi connectivity index (χ2n) is 6.55. The highest BCUT2D eigenvalue weighted by Crippen LogP contribution is 2.42. The second kappa shape index (κ2) is 9.89. The molecule has 2 fully saturated rings. The Labute approximate surface area is 167 Å². The van der Waals surface area contributed by atoms with Crippen LogP contribution in [0.5, 0.6) is 0 Å². The molecule has 1 spiro atoms. The third-order valence-corrected chi connectivity index (χ3v) is 6.36. The average molecular weight is 463 g/mol. The van der Waals surface area contributed by atoms with Crippen LogP contribution in [0.1, 0.15) is 39.0 Å². The van der Waals surface area contributed by atoms with Gasteiger partial charge in [-0.25, -0.2) is 4.98 Å². The summed E-state index contributed by atoms with van der Waals surface area (Å²) in [5.74, 6) is 2.32. The molecule has 1 saturated carbocycles.